The van der Waals surface area contributed by atoms with Gasteiger partial charge in [0.15, 0.2) is 0 Å². The lowest BCUT2D eigenvalue weighted by atomic mass is 10.1. The van der Waals surface area contributed by atoms with E-state index in [2.05, 4.69) is 143 Å². The van der Waals surface area contributed by atoms with E-state index in [1.54, 1.807) is 0 Å². The van der Waals surface area contributed by atoms with Crippen LogP contribution in [-0.2, 0) is 0 Å². The van der Waals surface area contributed by atoms with Crippen LogP contribution < -0.4 is 0 Å². The van der Waals surface area contributed by atoms with E-state index in [-0.39, 0.29) is 0 Å². The molecule has 6 aromatic carbocycles. The maximum atomic E-state index is 5.26. The van der Waals surface area contributed by atoms with Crippen molar-refractivity contribution in [2.45, 2.75) is 0 Å². The number of benzene rings is 6. The van der Waals surface area contributed by atoms with Crippen LogP contribution in [-0.4, -0.2) is 19.1 Å². The van der Waals surface area contributed by atoms with Crippen LogP contribution in [0.4, 0.5) is 0 Å². The number of hydrogen-bond donors (Lipinski definition) is 0. The molecule has 9 aromatic rings. The zero-order valence-corrected chi connectivity index (χ0v) is 22.6. The predicted octanol–water partition coefficient (Wildman–Crippen LogP) is 9.49. The summed E-state index contributed by atoms with van der Waals surface area (Å²) in [5, 5.41) is 5.82. The minimum Gasteiger partial charge on any atom is -0.309 e. The van der Waals surface area contributed by atoms with Crippen molar-refractivity contribution in [3.63, 3.8) is 0 Å². The highest BCUT2D eigenvalue weighted by Crippen LogP contribution is 2.39. The summed E-state index contributed by atoms with van der Waals surface area (Å²) < 4.78 is 4.61. The zero-order chi connectivity index (χ0) is 27.6. The molecular weight excluding hydrogens is 512 g/mol. The molecule has 0 atom stereocenters. The number of rotatable bonds is 3. The van der Waals surface area contributed by atoms with Crippen LogP contribution in [0, 0.1) is 0 Å². The van der Waals surface area contributed by atoms with Gasteiger partial charge in [0.05, 0.1) is 33.3 Å². The largest absolute Gasteiger partial charge is 0.309 e. The number of hydrogen-bond acceptors (Lipinski definition) is 2. The molecule has 0 spiro atoms. The molecule has 0 radical (unpaired) electrons. The van der Waals surface area contributed by atoms with Crippen LogP contribution in [0.25, 0.3) is 77.4 Å². The first-order valence-electron chi connectivity index (χ1n) is 14.2. The Bertz CT molecular complexity index is 2450. The monoisotopic (exact) mass is 536 g/mol. The lowest BCUT2D eigenvalue weighted by Gasteiger charge is -2.12. The van der Waals surface area contributed by atoms with Gasteiger partial charge >= 0.3 is 0 Å². The maximum absolute atomic E-state index is 5.26. The maximum Gasteiger partial charge on any atom is 0.235 e. The van der Waals surface area contributed by atoms with Gasteiger partial charge in [0, 0.05) is 38.2 Å². The minimum absolute atomic E-state index is 0.671. The minimum atomic E-state index is 0.671. The number of aromatic nitrogens is 4. The molecule has 3 heterocycles. The molecule has 0 unspecified atom stereocenters. The first kappa shape index (κ1) is 23.0. The van der Waals surface area contributed by atoms with E-state index < -0.39 is 0 Å². The van der Waals surface area contributed by atoms with E-state index in [0.717, 1.165) is 38.9 Å². The van der Waals surface area contributed by atoms with E-state index in [1.807, 2.05) is 12.1 Å². The van der Waals surface area contributed by atoms with Gasteiger partial charge in [0.1, 0.15) is 0 Å². The van der Waals surface area contributed by atoms with Crippen molar-refractivity contribution < 1.29 is 0 Å². The quantitative estimate of drug-likeness (QED) is 0.225. The summed E-state index contributed by atoms with van der Waals surface area (Å²) in [6.07, 6.45) is 0. The zero-order valence-electron chi connectivity index (χ0n) is 22.6. The van der Waals surface area contributed by atoms with Crippen molar-refractivity contribution in [3.05, 3.63) is 146 Å². The SMILES string of the molecule is c1ccc(-c2nc(-n3c4ccccc4c4cc5c(cc43)c3ccccc3n5-c3ccccc3)nc3ccccc23)cc1. The Balaban J connectivity index is 1.43. The topological polar surface area (TPSA) is 35.6 Å². The molecule has 3 aromatic heterocycles. The highest BCUT2D eigenvalue weighted by atomic mass is 15.2. The Morgan fingerprint density at radius 3 is 1.60 bits per heavy atom. The van der Waals surface area contributed by atoms with Crippen molar-refractivity contribution in [1.82, 2.24) is 19.1 Å². The van der Waals surface area contributed by atoms with Crippen LogP contribution >= 0.6 is 0 Å². The van der Waals surface area contributed by atoms with Gasteiger partial charge in [-0.2, -0.15) is 0 Å². The second-order valence-corrected chi connectivity index (χ2v) is 10.7. The van der Waals surface area contributed by atoms with Crippen molar-refractivity contribution in [2.24, 2.45) is 0 Å². The van der Waals surface area contributed by atoms with Crippen molar-refractivity contribution in [3.8, 4) is 22.9 Å². The fourth-order valence-electron chi connectivity index (χ4n) is 6.48. The van der Waals surface area contributed by atoms with Crippen LogP contribution in [0.15, 0.2) is 146 Å². The van der Waals surface area contributed by atoms with Crippen LogP contribution in [0.1, 0.15) is 0 Å². The molecule has 0 amide bonds. The predicted molar refractivity (Wildman–Crippen MR) is 174 cm³/mol. The lowest BCUT2D eigenvalue weighted by Crippen LogP contribution is -2.03. The number of fused-ring (bicyclic) bond motifs is 7. The molecule has 9 rings (SSSR count). The molecule has 4 heteroatoms. The fourth-order valence-corrected chi connectivity index (χ4v) is 6.48. The Hall–Kier alpha value is -5.74. The van der Waals surface area contributed by atoms with Gasteiger partial charge in [-0.25, -0.2) is 9.97 Å². The highest BCUT2D eigenvalue weighted by molar-refractivity contribution is 6.19. The number of para-hydroxylation sites is 4. The second-order valence-electron chi connectivity index (χ2n) is 10.7. The Kier molecular flexibility index (Phi) is 4.87. The van der Waals surface area contributed by atoms with E-state index in [0.29, 0.717) is 5.95 Å². The average molecular weight is 537 g/mol. The molecule has 4 nitrogen and oxygen atoms in total. The van der Waals surface area contributed by atoms with Gasteiger partial charge in [0.2, 0.25) is 5.95 Å². The highest BCUT2D eigenvalue weighted by Gasteiger charge is 2.20. The van der Waals surface area contributed by atoms with Gasteiger partial charge in [-0.1, -0.05) is 103 Å². The van der Waals surface area contributed by atoms with Crippen LogP contribution in [0.2, 0.25) is 0 Å². The van der Waals surface area contributed by atoms with E-state index >= 15 is 0 Å². The van der Waals surface area contributed by atoms with Gasteiger partial charge in [0.25, 0.3) is 0 Å². The molecule has 0 saturated carbocycles. The molecule has 0 saturated heterocycles. The molecule has 0 aliphatic heterocycles. The third kappa shape index (κ3) is 3.29. The van der Waals surface area contributed by atoms with Crippen LogP contribution in [0.3, 0.4) is 0 Å². The van der Waals surface area contributed by atoms with E-state index in [9.17, 15) is 0 Å². The molecule has 42 heavy (non-hydrogen) atoms. The van der Waals surface area contributed by atoms with Crippen molar-refractivity contribution in [2.75, 3.05) is 0 Å². The first-order valence-corrected chi connectivity index (χ1v) is 14.2. The Labute approximate surface area is 241 Å². The smallest absolute Gasteiger partial charge is 0.235 e. The van der Waals surface area contributed by atoms with Gasteiger partial charge in [-0.05, 0) is 42.5 Å². The number of nitrogens with zero attached hydrogens (tertiary/aromatic N) is 4. The molecule has 0 N–H and O–H groups in total. The van der Waals surface area contributed by atoms with Crippen LogP contribution in [0.5, 0.6) is 0 Å². The summed E-state index contributed by atoms with van der Waals surface area (Å²) in [7, 11) is 0. The van der Waals surface area contributed by atoms with E-state index in [4.69, 9.17) is 9.97 Å². The summed E-state index contributed by atoms with van der Waals surface area (Å²) in [6.45, 7) is 0. The molecule has 0 aliphatic rings. The normalized spacial score (nSPS) is 11.8. The summed E-state index contributed by atoms with van der Waals surface area (Å²) >= 11 is 0. The third-order valence-electron chi connectivity index (χ3n) is 8.32. The lowest BCUT2D eigenvalue weighted by molar-refractivity contribution is 1.01. The molecule has 0 bridgehead atoms. The molecular formula is C38H24N4. The van der Waals surface area contributed by atoms with Gasteiger partial charge < -0.3 is 4.57 Å². The summed E-state index contributed by atoms with van der Waals surface area (Å²) in [6, 6.07) is 51.2. The summed E-state index contributed by atoms with van der Waals surface area (Å²) in [5.41, 5.74) is 8.64. The summed E-state index contributed by atoms with van der Waals surface area (Å²) in [4.78, 5) is 10.4. The summed E-state index contributed by atoms with van der Waals surface area (Å²) in [5.74, 6) is 0.671. The fraction of sp³-hybridized carbons (Fsp3) is 0. The van der Waals surface area contributed by atoms with Crippen molar-refractivity contribution in [1.29, 1.82) is 0 Å². The van der Waals surface area contributed by atoms with Gasteiger partial charge in [-0.3, -0.25) is 4.57 Å². The molecule has 196 valence electrons. The van der Waals surface area contributed by atoms with Gasteiger partial charge in [-0.15, -0.1) is 0 Å². The van der Waals surface area contributed by atoms with Crippen molar-refractivity contribution >= 4 is 54.5 Å². The standard InChI is InChI=1S/C38H24N4/c1-3-13-25(14-4-1)37-29-19-7-10-20-32(29)39-38(40-37)42-34-22-12-9-18-28(34)31-23-35-30(24-36(31)42)27-17-8-11-21-33(27)41(35)26-15-5-2-6-16-26/h1-24H. The average Bonchev–Trinajstić information content (AvgIpc) is 3.56. The first-order chi connectivity index (χ1) is 20.8. The second kappa shape index (κ2) is 8.88. The van der Waals surface area contributed by atoms with E-state index in [1.165, 1.54) is 32.6 Å². The Morgan fingerprint density at radius 2 is 0.905 bits per heavy atom. The third-order valence-corrected chi connectivity index (χ3v) is 8.32. The molecule has 0 fully saturated rings. The molecule has 0 aliphatic carbocycles. The Morgan fingerprint density at radius 1 is 0.381 bits per heavy atom.